The van der Waals surface area contributed by atoms with Crippen LogP contribution < -0.4 is 9.74 Å². The van der Waals surface area contributed by atoms with Gasteiger partial charge in [0.05, 0.1) is 13.2 Å². The average Bonchev–Trinajstić information content (AvgIpc) is 3.07. The second-order valence-electron chi connectivity index (χ2n) is 7.23. The van der Waals surface area contributed by atoms with Gasteiger partial charge in [0.1, 0.15) is 0 Å². The number of anilines is 1. The number of piperazine rings is 1. The number of aromatic nitrogens is 1. The molecule has 0 bridgehead atoms. The Balaban J connectivity index is 1.26. The fourth-order valence-corrected chi connectivity index (χ4v) is 3.61. The zero-order valence-electron chi connectivity index (χ0n) is 16.2. The Morgan fingerprint density at radius 2 is 1.52 bits per heavy atom. The van der Waals surface area contributed by atoms with Crippen molar-refractivity contribution in [2.24, 2.45) is 0 Å². The molecule has 0 aliphatic carbocycles. The lowest BCUT2D eigenvalue weighted by molar-refractivity contribution is 0.0555. The number of morpholine rings is 1. The van der Waals surface area contributed by atoms with Crippen molar-refractivity contribution in [2.45, 2.75) is 6.54 Å². The van der Waals surface area contributed by atoms with Gasteiger partial charge in [0, 0.05) is 63.6 Å². The maximum absolute atomic E-state index is 12.3. The first kappa shape index (κ1) is 19.4. The minimum atomic E-state index is -0.596. The van der Waals surface area contributed by atoms with Crippen LogP contribution in [0.2, 0.25) is 0 Å². The summed E-state index contributed by atoms with van der Waals surface area (Å²) in [5.74, 6) is -0.648. The molecule has 2 aromatic rings. The molecule has 0 unspecified atom stereocenters. The number of benzene rings is 1. The third-order valence-corrected chi connectivity index (χ3v) is 5.32. The molecule has 4 rings (SSSR count). The number of amides is 1. The van der Waals surface area contributed by atoms with E-state index in [1.807, 2.05) is 0 Å². The predicted octanol–water partition coefficient (Wildman–Crippen LogP) is 1.10. The Hall–Kier alpha value is -2.91. The average molecular weight is 402 g/mol. The molecule has 2 saturated heterocycles. The van der Waals surface area contributed by atoms with Crippen LogP contribution in [0.5, 0.6) is 11.8 Å². The highest BCUT2D eigenvalue weighted by atomic mass is 16.7. The smallest absolute Gasteiger partial charge is 0.434 e. The second kappa shape index (κ2) is 8.62. The molecule has 0 radical (unpaired) electrons. The zero-order valence-corrected chi connectivity index (χ0v) is 16.2. The highest BCUT2D eigenvalue weighted by Gasteiger charge is 2.24. The molecule has 1 aromatic carbocycles. The first-order valence-electron chi connectivity index (χ1n) is 9.81. The van der Waals surface area contributed by atoms with Crippen molar-refractivity contribution < 1.29 is 24.6 Å². The number of hydrogen-bond donors (Lipinski definition) is 2. The fraction of sp³-hybridized carbons (Fsp3) is 0.450. The summed E-state index contributed by atoms with van der Waals surface area (Å²) in [7, 11) is 0. The Kier molecular flexibility index (Phi) is 5.77. The predicted molar refractivity (Wildman–Crippen MR) is 106 cm³/mol. The van der Waals surface area contributed by atoms with Crippen molar-refractivity contribution in [3.8, 4) is 11.8 Å². The maximum atomic E-state index is 12.3. The Labute approximate surface area is 169 Å². The van der Waals surface area contributed by atoms with Gasteiger partial charge in [-0.1, -0.05) is 12.1 Å². The lowest BCUT2D eigenvalue weighted by Gasteiger charge is -2.34. The molecule has 9 nitrogen and oxygen atoms in total. The van der Waals surface area contributed by atoms with Crippen LogP contribution in [-0.2, 0) is 11.3 Å². The van der Waals surface area contributed by atoms with Gasteiger partial charge >= 0.3 is 6.09 Å². The van der Waals surface area contributed by atoms with Gasteiger partial charge < -0.3 is 29.6 Å². The third-order valence-electron chi connectivity index (χ3n) is 5.32. The van der Waals surface area contributed by atoms with Crippen LogP contribution in [0.3, 0.4) is 0 Å². The molecule has 2 aliphatic heterocycles. The SMILES string of the molecule is O=C(On1c(O)ccc1O)N1CCN(Cc2ccc(N3CCOCC3)cc2)CC1. The van der Waals surface area contributed by atoms with E-state index in [4.69, 9.17) is 9.57 Å². The molecule has 0 spiro atoms. The summed E-state index contributed by atoms with van der Waals surface area (Å²) in [6, 6.07) is 11.1. The van der Waals surface area contributed by atoms with Gasteiger partial charge in [-0.15, -0.1) is 4.73 Å². The largest absolute Gasteiger partial charge is 0.492 e. The molecule has 29 heavy (non-hydrogen) atoms. The van der Waals surface area contributed by atoms with Crippen LogP contribution in [0.1, 0.15) is 5.56 Å². The summed E-state index contributed by atoms with van der Waals surface area (Å²) in [5, 5.41) is 19.2. The van der Waals surface area contributed by atoms with Gasteiger partial charge in [0.25, 0.3) is 0 Å². The van der Waals surface area contributed by atoms with Crippen molar-refractivity contribution in [3.63, 3.8) is 0 Å². The van der Waals surface area contributed by atoms with Crippen LogP contribution in [0.4, 0.5) is 10.5 Å². The Morgan fingerprint density at radius 3 is 2.14 bits per heavy atom. The van der Waals surface area contributed by atoms with Gasteiger partial charge in [-0.25, -0.2) is 4.79 Å². The molecule has 3 heterocycles. The minimum Gasteiger partial charge on any atom is -0.492 e. The first-order valence-corrected chi connectivity index (χ1v) is 9.81. The van der Waals surface area contributed by atoms with Crippen LogP contribution in [0.25, 0.3) is 0 Å². The molecule has 0 atom stereocenters. The van der Waals surface area contributed by atoms with Crippen LogP contribution >= 0.6 is 0 Å². The topological polar surface area (TPSA) is 90.6 Å². The van der Waals surface area contributed by atoms with E-state index < -0.39 is 6.09 Å². The Morgan fingerprint density at radius 1 is 0.897 bits per heavy atom. The number of nitrogens with zero attached hydrogens (tertiary/aromatic N) is 4. The summed E-state index contributed by atoms with van der Waals surface area (Å²) >= 11 is 0. The molecular formula is C20H26N4O5. The van der Waals surface area contributed by atoms with Crippen molar-refractivity contribution in [1.82, 2.24) is 14.5 Å². The molecule has 2 N–H and O–H groups in total. The van der Waals surface area contributed by atoms with E-state index in [1.165, 1.54) is 23.4 Å². The highest BCUT2D eigenvalue weighted by Crippen LogP contribution is 2.20. The molecule has 156 valence electrons. The molecular weight excluding hydrogens is 376 g/mol. The molecule has 0 saturated carbocycles. The molecule has 1 amide bonds. The number of rotatable bonds is 4. The quantitative estimate of drug-likeness (QED) is 0.792. The third kappa shape index (κ3) is 4.57. The normalized spacial score (nSPS) is 18.1. The second-order valence-corrected chi connectivity index (χ2v) is 7.23. The van der Waals surface area contributed by atoms with Crippen LogP contribution in [-0.4, -0.2) is 83.3 Å². The fourth-order valence-electron chi connectivity index (χ4n) is 3.61. The van der Waals surface area contributed by atoms with Crippen molar-refractivity contribution in [2.75, 3.05) is 57.4 Å². The van der Waals surface area contributed by atoms with E-state index in [0.29, 0.717) is 17.8 Å². The summed E-state index contributed by atoms with van der Waals surface area (Å²) in [5.41, 5.74) is 2.46. The first-order chi connectivity index (χ1) is 14.1. The van der Waals surface area contributed by atoms with E-state index in [0.717, 1.165) is 45.9 Å². The molecule has 9 heteroatoms. The van der Waals surface area contributed by atoms with E-state index in [-0.39, 0.29) is 11.8 Å². The summed E-state index contributed by atoms with van der Waals surface area (Å²) in [6.45, 7) is 6.72. The van der Waals surface area contributed by atoms with E-state index >= 15 is 0 Å². The van der Waals surface area contributed by atoms with Gasteiger partial charge in [0.2, 0.25) is 11.8 Å². The monoisotopic (exact) mass is 402 g/mol. The van der Waals surface area contributed by atoms with Crippen molar-refractivity contribution in [3.05, 3.63) is 42.0 Å². The summed E-state index contributed by atoms with van der Waals surface area (Å²) in [4.78, 5) is 23.5. The van der Waals surface area contributed by atoms with E-state index in [9.17, 15) is 15.0 Å². The van der Waals surface area contributed by atoms with Gasteiger partial charge in [-0.2, -0.15) is 0 Å². The highest BCUT2D eigenvalue weighted by molar-refractivity contribution is 5.68. The lowest BCUT2D eigenvalue weighted by atomic mass is 10.1. The van der Waals surface area contributed by atoms with Crippen LogP contribution in [0.15, 0.2) is 36.4 Å². The van der Waals surface area contributed by atoms with Crippen molar-refractivity contribution >= 4 is 11.8 Å². The van der Waals surface area contributed by atoms with Gasteiger partial charge in [0.15, 0.2) is 0 Å². The number of aromatic hydroxyl groups is 2. The molecule has 2 aliphatic rings. The lowest BCUT2D eigenvalue weighted by Crippen LogP contribution is -2.50. The van der Waals surface area contributed by atoms with E-state index in [2.05, 4.69) is 34.1 Å². The number of ether oxygens (including phenoxy) is 1. The van der Waals surface area contributed by atoms with Crippen LogP contribution in [0, 0.1) is 0 Å². The molecule has 2 fully saturated rings. The molecule has 1 aromatic heterocycles. The van der Waals surface area contributed by atoms with E-state index in [1.54, 1.807) is 4.90 Å². The standard InChI is InChI=1S/C20H26N4O5/c25-18-5-6-19(26)24(18)29-20(27)23-9-7-21(8-10-23)15-16-1-3-17(4-2-16)22-11-13-28-14-12-22/h1-6,25-26H,7-15H2. The number of hydrogen-bond acceptors (Lipinski definition) is 7. The van der Waals surface area contributed by atoms with Crippen molar-refractivity contribution in [1.29, 1.82) is 0 Å². The Bertz CT molecular complexity index is 804. The van der Waals surface area contributed by atoms with Gasteiger partial charge in [-0.05, 0) is 17.7 Å². The summed E-state index contributed by atoms with van der Waals surface area (Å²) < 4.78 is 6.11. The number of carbonyl (C=O) groups is 1. The minimum absolute atomic E-state index is 0.324. The zero-order chi connectivity index (χ0) is 20.2. The number of carbonyl (C=O) groups excluding carboxylic acids is 1. The van der Waals surface area contributed by atoms with Gasteiger partial charge in [-0.3, -0.25) is 4.90 Å². The summed E-state index contributed by atoms with van der Waals surface area (Å²) in [6.07, 6.45) is -0.596. The maximum Gasteiger partial charge on any atom is 0.434 e.